The molecular formula is C20H23NO3. The Morgan fingerprint density at radius 2 is 1.50 bits per heavy atom. The molecule has 0 unspecified atom stereocenters. The number of hydrogen-bond donors (Lipinski definition) is 0. The fourth-order valence-electron chi connectivity index (χ4n) is 2.85. The highest BCUT2D eigenvalue weighted by Gasteiger charge is 2.23. The Balaban J connectivity index is 1.37. The zero-order chi connectivity index (χ0) is 16.6. The van der Waals surface area contributed by atoms with Crippen molar-refractivity contribution >= 4 is 5.91 Å². The molecule has 1 amide bonds. The van der Waals surface area contributed by atoms with Crippen molar-refractivity contribution in [3.63, 3.8) is 0 Å². The monoisotopic (exact) mass is 325 g/mol. The van der Waals surface area contributed by atoms with E-state index in [4.69, 9.17) is 9.47 Å². The minimum atomic E-state index is 0.157. The maximum Gasteiger partial charge on any atom is 0.226 e. The quantitative estimate of drug-likeness (QED) is 0.815. The zero-order valence-electron chi connectivity index (χ0n) is 13.8. The molecule has 4 heteroatoms. The van der Waals surface area contributed by atoms with Crippen molar-refractivity contribution in [2.75, 3.05) is 19.7 Å². The Morgan fingerprint density at radius 1 is 0.917 bits per heavy atom. The highest BCUT2D eigenvalue weighted by Crippen LogP contribution is 2.19. The van der Waals surface area contributed by atoms with Crippen molar-refractivity contribution in [3.8, 4) is 11.5 Å². The molecule has 4 nitrogen and oxygen atoms in total. The molecule has 1 saturated heterocycles. The number of carbonyl (C=O) groups is 1. The molecule has 0 radical (unpaired) electrons. The lowest BCUT2D eigenvalue weighted by Crippen LogP contribution is -2.42. The van der Waals surface area contributed by atoms with Gasteiger partial charge in [-0.25, -0.2) is 0 Å². The number of amides is 1. The lowest BCUT2D eigenvalue weighted by atomic mass is 10.1. The van der Waals surface area contributed by atoms with E-state index >= 15 is 0 Å². The van der Waals surface area contributed by atoms with Crippen LogP contribution in [0.15, 0.2) is 60.7 Å². The second-order valence-corrected chi connectivity index (χ2v) is 5.92. The van der Waals surface area contributed by atoms with Crippen LogP contribution in [0.4, 0.5) is 0 Å². The van der Waals surface area contributed by atoms with Gasteiger partial charge in [0.05, 0.1) is 13.0 Å². The summed E-state index contributed by atoms with van der Waals surface area (Å²) < 4.78 is 11.6. The van der Waals surface area contributed by atoms with Gasteiger partial charge in [-0.3, -0.25) is 4.79 Å². The van der Waals surface area contributed by atoms with Crippen LogP contribution in [0.1, 0.15) is 19.3 Å². The van der Waals surface area contributed by atoms with Gasteiger partial charge >= 0.3 is 0 Å². The fourth-order valence-corrected chi connectivity index (χ4v) is 2.85. The molecule has 0 aliphatic carbocycles. The normalized spacial score (nSPS) is 15.1. The summed E-state index contributed by atoms with van der Waals surface area (Å²) in [5, 5.41) is 0. The van der Waals surface area contributed by atoms with Crippen LogP contribution in [-0.2, 0) is 4.79 Å². The first-order chi connectivity index (χ1) is 11.8. The van der Waals surface area contributed by atoms with Crippen molar-refractivity contribution in [1.29, 1.82) is 0 Å². The highest BCUT2D eigenvalue weighted by molar-refractivity contribution is 5.76. The average molecular weight is 325 g/mol. The molecule has 0 bridgehead atoms. The Morgan fingerprint density at radius 3 is 2.12 bits per heavy atom. The summed E-state index contributed by atoms with van der Waals surface area (Å²) in [6.45, 7) is 1.92. The lowest BCUT2D eigenvalue weighted by Gasteiger charge is -2.32. The Kier molecular flexibility index (Phi) is 5.72. The number of para-hydroxylation sites is 2. The van der Waals surface area contributed by atoms with Crippen LogP contribution in [0.25, 0.3) is 0 Å². The van der Waals surface area contributed by atoms with Crippen molar-refractivity contribution < 1.29 is 14.3 Å². The van der Waals surface area contributed by atoms with E-state index in [2.05, 4.69) is 0 Å². The summed E-state index contributed by atoms with van der Waals surface area (Å²) in [5.41, 5.74) is 0. The molecule has 0 saturated carbocycles. The number of likely N-dealkylation sites (tertiary alicyclic amines) is 1. The first kappa shape index (κ1) is 16.4. The molecule has 1 aliphatic heterocycles. The molecule has 24 heavy (non-hydrogen) atoms. The number of ether oxygens (including phenoxy) is 2. The van der Waals surface area contributed by atoms with Crippen LogP contribution < -0.4 is 9.47 Å². The van der Waals surface area contributed by atoms with Crippen molar-refractivity contribution in [3.05, 3.63) is 60.7 Å². The van der Waals surface area contributed by atoms with E-state index in [1.165, 1.54) is 0 Å². The van der Waals surface area contributed by atoms with E-state index in [1.807, 2.05) is 65.6 Å². The molecule has 3 rings (SSSR count). The third-order valence-electron chi connectivity index (χ3n) is 4.17. The predicted molar refractivity (Wildman–Crippen MR) is 93.2 cm³/mol. The third kappa shape index (κ3) is 4.75. The smallest absolute Gasteiger partial charge is 0.226 e. The van der Waals surface area contributed by atoms with Gasteiger partial charge in [-0.15, -0.1) is 0 Å². The molecule has 1 fully saturated rings. The second kappa shape index (κ2) is 8.39. The standard InChI is InChI=1S/C20H23NO3/c22-20(13-16-23-17-7-3-1-4-8-17)21-14-11-19(12-15-21)24-18-9-5-2-6-10-18/h1-10,19H,11-16H2. The first-order valence-electron chi connectivity index (χ1n) is 8.48. The summed E-state index contributed by atoms with van der Waals surface area (Å²) in [6.07, 6.45) is 2.36. The second-order valence-electron chi connectivity index (χ2n) is 5.92. The lowest BCUT2D eigenvalue weighted by molar-refractivity contribution is -0.133. The maximum atomic E-state index is 12.3. The maximum absolute atomic E-state index is 12.3. The number of benzene rings is 2. The van der Waals surface area contributed by atoms with E-state index in [0.29, 0.717) is 13.0 Å². The van der Waals surface area contributed by atoms with Crippen molar-refractivity contribution in [2.24, 2.45) is 0 Å². The number of carbonyl (C=O) groups excluding carboxylic acids is 1. The van der Waals surface area contributed by atoms with E-state index in [1.54, 1.807) is 0 Å². The topological polar surface area (TPSA) is 38.8 Å². The summed E-state index contributed by atoms with van der Waals surface area (Å²) in [7, 11) is 0. The molecule has 1 aliphatic rings. The summed E-state index contributed by atoms with van der Waals surface area (Å²) >= 11 is 0. The molecule has 0 aromatic heterocycles. The largest absolute Gasteiger partial charge is 0.493 e. The SMILES string of the molecule is O=C(CCOc1ccccc1)N1CCC(Oc2ccccc2)CC1. The predicted octanol–water partition coefficient (Wildman–Crippen LogP) is 3.53. The summed E-state index contributed by atoms with van der Waals surface area (Å²) in [5.74, 6) is 1.86. The molecule has 126 valence electrons. The molecule has 2 aromatic rings. The molecule has 1 heterocycles. The van der Waals surface area contributed by atoms with E-state index in [0.717, 1.165) is 37.4 Å². The summed E-state index contributed by atoms with van der Waals surface area (Å²) in [4.78, 5) is 14.2. The molecule has 2 aromatic carbocycles. The van der Waals surface area contributed by atoms with E-state index in [9.17, 15) is 4.79 Å². The van der Waals surface area contributed by atoms with Crippen molar-refractivity contribution in [2.45, 2.75) is 25.4 Å². The van der Waals surface area contributed by atoms with Gasteiger partial charge in [-0.05, 0) is 24.3 Å². The zero-order valence-corrected chi connectivity index (χ0v) is 13.8. The number of piperidine rings is 1. The molecule has 0 spiro atoms. The van der Waals surface area contributed by atoms with Gasteiger partial charge in [0.15, 0.2) is 0 Å². The molecule has 0 atom stereocenters. The highest BCUT2D eigenvalue weighted by atomic mass is 16.5. The van der Waals surface area contributed by atoms with Gasteiger partial charge in [0, 0.05) is 25.9 Å². The van der Waals surface area contributed by atoms with Crippen LogP contribution in [0.2, 0.25) is 0 Å². The van der Waals surface area contributed by atoms with Crippen LogP contribution in [0, 0.1) is 0 Å². The summed E-state index contributed by atoms with van der Waals surface area (Å²) in [6, 6.07) is 19.5. The van der Waals surface area contributed by atoms with E-state index < -0.39 is 0 Å². The fraction of sp³-hybridized carbons (Fsp3) is 0.350. The van der Waals surface area contributed by atoms with Gasteiger partial charge in [-0.2, -0.15) is 0 Å². The Labute approximate surface area is 143 Å². The molecular weight excluding hydrogens is 302 g/mol. The van der Waals surface area contributed by atoms with Gasteiger partial charge in [0.2, 0.25) is 5.91 Å². The molecule has 0 N–H and O–H groups in total. The van der Waals surface area contributed by atoms with Crippen LogP contribution in [0.5, 0.6) is 11.5 Å². The number of nitrogens with zero attached hydrogens (tertiary/aromatic N) is 1. The minimum absolute atomic E-state index is 0.157. The average Bonchev–Trinajstić information content (AvgIpc) is 2.64. The van der Waals surface area contributed by atoms with E-state index in [-0.39, 0.29) is 12.0 Å². The van der Waals surface area contributed by atoms with Crippen molar-refractivity contribution in [1.82, 2.24) is 4.90 Å². The van der Waals surface area contributed by atoms with Gasteiger partial charge < -0.3 is 14.4 Å². The Hall–Kier alpha value is -2.49. The third-order valence-corrected chi connectivity index (χ3v) is 4.17. The minimum Gasteiger partial charge on any atom is -0.493 e. The van der Waals surface area contributed by atoms with Crippen LogP contribution in [-0.4, -0.2) is 36.6 Å². The van der Waals surface area contributed by atoms with Gasteiger partial charge in [0.25, 0.3) is 0 Å². The van der Waals surface area contributed by atoms with Gasteiger partial charge in [0.1, 0.15) is 17.6 Å². The van der Waals surface area contributed by atoms with Crippen LogP contribution >= 0.6 is 0 Å². The number of hydrogen-bond acceptors (Lipinski definition) is 3. The first-order valence-corrected chi connectivity index (χ1v) is 8.48. The van der Waals surface area contributed by atoms with Gasteiger partial charge in [-0.1, -0.05) is 36.4 Å². The van der Waals surface area contributed by atoms with Crippen LogP contribution in [0.3, 0.4) is 0 Å². The Bertz CT molecular complexity index is 622. The number of rotatable bonds is 6.